The summed E-state index contributed by atoms with van der Waals surface area (Å²) in [6.45, 7) is 0. The number of nitrogens with zero attached hydrogens (tertiary/aromatic N) is 1. The van der Waals surface area contributed by atoms with Gasteiger partial charge in [-0.2, -0.15) is 0 Å². The molecule has 1 heterocycles. The van der Waals surface area contributed by atoms with Crippen molar-refractivity contribution >= 4 is 50.7 Å². The molecule has 1 aromatic heterocycles. The predicted octanol–water partition coefficient (Wildman–Crippen LogP) is 2.81. The summed E-state index contributed by atoms with van der Waals surface area (Å²) in [5, 5.41) is 6.67. The summed E-state index contributed by atoms with van der Waals surface area (Å²) in [6.07, 6.45) is 0. The number of rotatable bonds is 4. The molecule has 2 N–H and O–H groups in total. The van der Waals surface area contributed by atoms with E-state index in [1.165, 1.54) is 11.3 Å². The highest BCUT2D eigenvalue weighted by Gasteiger charge is 2.17. The standard InChI is InChI=1S/C14H14IN3O2S/c1-18(2)17-13(20)10-7-8-21-14(10)16-12(19)9-5-3-4-6-11(9)15/h3-8H,1-2H3,(H,16,19)(H,17,20). The van der Waals surface area contributed by atoms with Crippen LogP contribution in [0.1, 0.15) is 20.7 Å². The van der Waals surface area contributed by atoms with Crippen LogP contribution in [0.5, 0.6) is 0 Å². The molecule has 21 heavy (non-hydrogen) atoms. The number of amides is 2. The number of halogens is 1. The molecule has 0 aliphatic rings. The fraction of sp³-hybridized carbons (Fsp3) is 0.143. The van der Waals surface area contributed by atoms with Crippen LogP contribution in [0.15, 0.2) is 35.7 Å². The monoisotopic (exact) mass is 415 g/mol. The molecule has 0 saturated heterocycles. The maximum atomic E-state index is 12.3. The Balaban J connectivity index is 2.18. The number of anilines is 1. The summed E-state index contributed by atoms with van der Waals surface area (Å²) in [5.74, 6) is -0.472. The predicted molar refractivity (Wildman–Crippen MR) is 92.6 cm³/mol. The first-order chi connectivity index (χ1) is 9.99. The van der Waals surface area contributed by atoms with E-state index in [-0.39, 0.29) is 11.8 Å². The molecule has 0 unspecified atom stereocenters. The van der Waals surface area contributed by atoms with E-state index in [1.807, 2.05) is 18.2 Å². The lowest BCUT2D eigenvalue weighted by molar-refractivity contribution is 0.0858. The van der Waals surface area contributed by atoms with Gasteiger partial charge in [-0.1, -0.05) is 12.1 Å². The largest absolute Gasteiger partial charge is 0.313 e. The minimum atomic E-state index is -0.251. The SMILES string of the molecule is CN(C)NC(=O)c1ccsc1NC(=O)c1ccccc1I. The number of carbonyl (C=O) groups is 2. The molecule has 0 spiro atoms. The van der Waals surface area contributed by atoms with Gasteiger partial charge in [0, 0.05) is 17.7 Å². The van der Waals surface area contributed by atoms with Crippen molar-refractivity contribution in [2.45, 2.75) is 0 Å². The Morgan fingerprint density at radius 1 is 1.10 bits per heavy atom. The Kier molecular flexibility index (Phi) is 5.32. The molecule has 0 aliphatic carbocycles. The average molecular weight is 415 g/mol. The minimum absolute atomic E-state index is 0.221. The highest BCUT2D eigenvalue weighted by atomic mass is 127. The Morgan fingerprint density at radius 3 is 2.48 bits per heavy atom. The minimum Gasteiger partial charge on any atom is -0.313 e. The lowest BCUT2D eigenvalue weighted by Gasteiger charge is -2.12. The van der Waals surface area contributed by atoms with Crippen LogP contribution in [-0.4, -0.2) is 30.9 Å². The van der Waals surface area contributed by atoms with Gasteiger partial charge in [0.25, 0.3) is 11.8 Å². The van der Waals surface area contributed by atoms with Gasteiger partial charge in [0.05, 0.1) is 11.1 Å². The Labute approximate surface area is 140 Å². The molecule has 0 bridgehead atoms. The van der Waals surface area contributed by atoms with E-state index in [0.717, 1.165) is 3.57 Å². The third-order valence-corrected chi connectivity index (χ3v) is 4.35. The van der Waals surface area contributed by atoms with Gasteiger partial charge in [-0.25, -0.2) is 5.01 Å². The number of hydrogen-bond acceptors (Lipinski definition) is 4. The number of carbonyl (C=O) groups excluding carboxylic acids is 2. The Hall–Kier alpha value is -1.45. The van der Waals surface area contributed by atoms with Crippen LogP contribution in [0, 0.1) is 3.57 Å². The van der Waals surface area contributed by atoms with Crippen molar-refractivity contribution in [2.24, 2.45) is 0 Å². The van der Waals surface area contributed by atoms with Crippen molar-refractivity contribution < 1.29 is 9.59 Å². The third-order valence-electron chi connectivity index (χ3n) is 2.58. The van der Waals surface area contributed by atoms with Crippen molar-refractivity contribution in [3.63, 3.8) is 0 Å². The zero-order valence-electron chi connectivity index (χ0n) is 11.5. The summed E-state index contributed by atoms with van der Waals surface area (Å²) in [4.78, 5) is 24.3. The van der Waals surface area contributed by atoms with Gasteiger partial charge in [0.1, 0.15) is 5.00 Å². The van der Waals surface area contributed by atoms with Gasteiger partial charge in [0.2, 0.25) is 0 Å². The van der Waals surface area contributed by atoms with E-state index in [0.29, 0.717) is 16.1 Å². The van der Waals surface area contributed by atoms with E-state index < -0.39 is 0 Å². The van der Waals surface area contributed by atoms with Gasteiger partial charge in [0.15, 0.2) is 0 Å². The molecule has 5 nitrogen and oxygen atoms in total. The van der Waals surface area contributed by atoms with E-state index in [9.17, 15) is 9.59 Å². The zero-order chi connectivity index (χ0) is 15.4. The number of hydrogen-bond donors (Lipinski definition) is 2. The van der Waals surface area contributed by atoms with Crippen LogP contribution in [0.2, 0.25) is 0 Å². The molecule has 0 radical (unpaired) electrons. The van der Waals surface area contributed by atoms with Crippen LogP contribution >= 0.6 is 33.9 Å². The molecule has 0 aliphatic heterocycles. The van der Waals surface area contributed by atoms with E-state index >= 15 is 0 Å². The van der Waals surface area contributed by atoms with Crippen LogP contribution in [0.25, 0.3) is 0 Å². The number of hydrazine groups is 1. The smallest absolute Gasteiger partial charge is 0.268 e. The topological polar surface area (TPSA) is 61.4 Å². The fourth-order valence-electron chi connectivity index (χ4n) is 1.66. The van der Waals surface area contributed by atoms with E-state index in [1.54, 1.807) is 36.6 Å². The molecule has 0 fully saturated rings. The summed E-state index contributed by atoms with van der Waals surface area (Å²) >= 11 is 3.43. The van der Waals surface area contributed by atoms with Gasteiger partial charge < -0.3 is 5.32 Å². The number of thiophene rings is 1. The van der Waals surface area contributed by atoms with Gasteiger partial charge in [-0.3, -0.25) is 15.0 Å². The van der Waals surface area contributed by atoms with Gasteiger partial charge in [-0.15, -0.1) is 11.3 Å². The Bertz CT molecular complexity index is 670. The van der Waals surface area contributed by atoms with Crippen LogP contribution in [0.4, 0.5) is 5.00 Å². The van der Waals surface area contributed by atoms with E-state index in [4.69, 9.17) is 0 Å². The molecule has 7 heteroatoms. The number of benzene rings is 1. The normalized spacial score (nSPS) is 10.5. The van der Waals surface area contributed by atoms with Gasteiger partial charge >= 0.3 is 0 Å². The van der Waals surface area contributed by atoms with Crippen LogP contribution in [0.3, 0.4) is 0 Å². The first-order valence-electron chi connectivity index (χ1n) is 6.10. The molecule has 2 amide bonds. The highest BCUT2D eigenvalue weighted by molar-refractivity contribution is 14.1. The van der Waals surface area contributed by atoms with Crippen molar-refractivity contribution in [1.82, 2.24) is 10.4 Å². The molecular weight excluding hydrogens is 401 g/mol. The summed E-state index contributed by atoms with van der Waals surface area (Å²) < 4.78 is 0.864. The maximum Gasteiger partial charge on any atom is 0.268 e. The first kappa shape index (κ1) is 15.9. The molecule has 110 valence electrons. The van der Waals surface area contributed by atoms with Crippen LogP contribution < -0.4 is 10.7 Å². The molecule has 0 saturated carbocycles. The zero-order valence-corrected chi connectivity index (χ0v) is 14.5. The summed E-state index contributed by atoms with van der Waals surface area (Å²) in [5.41, 5.74) is 3.70. The van der Waals surface area contributed by atoms with Gasteiger partial charge in [-0.05, 0) is 46.2 Å². The molecule has 2 aromatic rings. The van der Waals surface area contributed by atoms with Crippen LogP contribution in [-0.2, 0) is 0 Å². The first-order valence-corrected chi connectivity index (χ1v) is 8.06. The second-order valence-electron chi connectivity index (χ2n) is 4.43. The lowest BCUT2D eigenvalue weighted by Crippen LogP contribution is -2.36. The van der Waals surface area contributed by atoms with Crippen molar-refractivity contribution in [3.05, 3.63) is 50.4 Å². The maximum absolute atomic E-state index is 12.3. The fourth-order valence-corrected chi connectivity index (χ4v) is 3.08. The quantitative estimate of drug-likeness (QED) is 0.597. The summed E-state index contributed by atoms with van der Waals surface area (Å²) in [7, 11) is 3.46. The van der Waals surface area contributed by atoms with Crippen molar-refractivity contribution in [3.8, 4) is 0 Å². The van der Waals surface area contributed by atoms with Crippen molar-refractivity contribution in [1.29, 1.82) is 0 Å². The van der Waals surface area contributed by atoms with E-state index in [2.05, 4.69) is 33.3 Å². The molecule has 0 atom stereocenters. The Morgan fingerprint density at radius 2 is 1.81 bits per heavy atom. The highest BCUT2D eigenvalue weighted by Crippen LogP contribution is 2.24. The second kappa shape index (κ2) is 7.01. The summed E-state index contributed by atoms with van der Waals surface area (Å²) in [6, 6.07) is 8.99. The lowest BCUT2D eigenvalue weighted by atomic mass is 10.2. The molecular formula is C14H14IN3O2S. The molecule has 2 rings (SSSR count). The third kappa shape index (κ3) is 4.02. The molecule has 1 aromatic carbocycles. The van der Waals surface area contributed by atoms with Crippen molar-refractivity contribution in [2.75, 3.05) is 19.4 Å². The number of nitrogens with one attached hydrogen (secondary N) is 2. The second-order valence-corrected chi connectivity index (χ2v) is 6.51. The average Bonchev–Trinajstić information content (AvgIpc) is 2.86.